The van der Waals surface area contributed by atoms with E-state index in [1.807, 2.05) is 11.8 Å². The first kappa shape index (κ1) is 13.3. The van der Waals surface area contributed by atoms with Gasteiger partial charge in [0.2, 0.25) is 5.91 Å². The Bertz CT molecular complexity index is 544. The first-order valence-corrected chi connectivity index (χ1v) is 6.09. The predicted octanol–water partition coefficient (Wildman–Crippen LogP) is 0.790. The van der Waals surface area contributed by atoms with E-state index in [0.717, 1.165) is 0 Å². The maximum absolute atomic E-state index is 11.4. The zero-order chi connectivity index (χ0) is 14.2. The van der Waals surface area contributed by atoms with Crippen LogP contribution in [-0.2, 0) is 4.79 Å². The van der Waals surface area contributed by atoms with Crippen LogP contribution in [0.25, 0.3) is 0 Å². The van der Waals surface area contributed by atoms with Gasteiger partial charge in [0.15, 0.2) is 0 Å². The van der Waals surface area contributed by atoms with Crippen LogP contribution in [0.4, 0.5) is 5.82 Å². The number of carboxylic acids is 1. The first-order chi connectivity index (χ1) is 8.82. The largest absolute Gasteiger partial charge is 0.478 e. The Morgan fingerprint density at radius 3 is 2.68 bits per heavy atom. The number of primary amides is 1. The number of amides is 1. The number of pyridine rings is 1. The van der Waals surface area contributed by atoms with Crippen molar-refractivity contribution < 1.29 is 14.7 Å². The van der Waals surface area contributed by atoms with Crippen molar-refractivity contribution >= 4 is 17.7 Å². The smallest absolute Gasteiger partial charge is 0.335 e. The van der Waals surface area contributed by atoms with E-state index in [1.165, 1.54) is 12.1 Å². The molecule has 1 aliphatic rings. The number of hydrogen-bond donors (Lipinski definition) is 2. The van der Waals surface area contributed by atoms with Gasteiger partial charge in [0.25, 0.3) is 0 Å². The summed E-state index contributed by atoms with van der Waals surface area (Å²) < 4.78 is 0. The van der Waals surface area contributed by atoms with Gasteiger partial charge in [-0.05, 0) is 32.4 Å². The molecule has 0 aromatic carbocycles. The summed E-state index contributed by atoms with van der Waals surface area (Å²) in [4.78, 5) is 28.7. The molecule has 6 heteroatoms. The van der Waals surface area contributed by atoms with E-state index >= 15 is 0 Å². The average molecular weight is 263 g/mol. The van der Waals surface area contributed by atoms with Crippen molar-refractivity contribution in [2.24, 2.45) is 11.1 Å². The van der Waals surface area contributed by atoms with E-state index in [2.05, 4.69) is 4.98 Å². The van der Waals surface area contributed by atoms with Gasteiger partial charge in [0.05, 0.1) is 11.0 Å². The van der Waals surface area contributed by atoms with Crippen molar-refractivity contribution in [3.8, 4) is 0 Å². The molecule has 19 heavy (non-hydrogen) atoms. The molecule has 1 aliphatic heterocycles. The summed E-state index contributed by atoms with van der Waals surface area (Å²) in [5.74, 6) is -0.730. The van der Waals surface area contributed by atoms with E-state index in [4.69, 9.17) is 10.8 Å². The van der Waals surface area contributed by atoms with Crippen molar-refractivity contribution in [2.75, 3.05) is 18.0 Å². The molecular weight excluding hydrogens is 246 g/mol. The first-order valence-electron chi connectivity index (χ1n) is 6.09. The Kier molecular flexibility index (Phi) is 3.18. The number of nitrogens with two attached hydrogens (primary N) is 1. The molecule has 0 bridgehead atoms. The zero-order valence-electron chi connectivity index (χ0n) is 11.0. The number of aromatic nitrogens is 1. The summed E-state index contributed by atoms with van der Waals surface area (Å²) in [6, 6.07) is 3.05. The van der Waals surface area contributed by atoms with Crippen LogP contribution in [0.1, 0.15) is 29.4 Å². The van der Waals surface area contributed by atoms with Crippen LogP contribution < -0.4 is 10.6 Å². The van der Waals surface area contributed by atoms with E-state index in [0.29, 0.717) is 31.0 Å². The van der Waals surface area contributed by atoms with Gasteiger partial charge >= 0.3 is 5.97 Å². The Balaban J connectivity index is 2.29. The standard InChI is InChI=1S/C13H17N3O3/c1-8-5-9(11(17)18)6-10(15-8)16-4-3-13(2,7-16)12(14)19/h5-6H,3-4,7H2,1-2H3,(H2,14,19)(H,17,18). The third-order valence-electron chi connectivity index (χ3n) is 3.58. The molecule has 102 valence electrons. The lowest BCUT2D eigenvalue weighted by molar-refractivity contribution is -0.125. The van der Waals surface area contributed by atoms with Gasteiger partial charge in [-0.1, -0.05) is 0 Å². The number of anilines is 1. The maximum atomic E-state index is 11.4. The molecule has 1 amide bonds. The van der Waals surface area contributed by atoms with Gasteiger partial charge in [0.1, 0.15) is 5.82 Å². The SMILES string of the molecule is Cc1cc(C(=O)O)cc(N2CCC(C)(C(N)=O)C2)n1. The highest BCUT2D eigenvalue weighted by Gasteiger charge is 2.39. The molecule has 0 aliphatic carbocycles. The minimum absolute atomic E-state index is 0.204. The summed E-state index contributed by atoms with van der Waals surface area (Å²) in [5, 5.41) is 9.05. The summed E-state index contributed by atoms with van der Waals surface area (Å²) in [6.07, 6.45) is 0.653. The summed E-state index contributed by atoms with van der Waals surface area (Å²) >= 11 is 0. The lowest BCUT2D eigenvalue weighted by atomic mass is 9.89. The van der Waals surface area contributed by atoms with Crippen LogP contribution in [-0.4, -0.2) is 35.1 Å². The highest BCUT2D eigenvalue weighted by Crippen LogP contribution is 2.32. The number of nitrogens with zero attached hydrogens (tertiary/aromatic N) is 2. The number of carbonyl (C=O) groups is 2. The normalized spacial score (nSPS) is 22.5. The number of rotatable bonds is 3. The summed E-state index contributed by atoms with van der Waals surface area (Å²) in [5.41, 5.74) is 5.67. The highest BCUT2D eigenvalue weighted by atomic mass is 16.4. The number of hydrogen-bond acceptors (Lipinski definition) is 4. The van der Waals surface area contributed by atoms with E-state index < -0.39 is 11.4 Å². The second-order valence-electron chi connectivity index (χ2n) is 5.26. The number of carbonyl (C=O) groups excluding carboxylic acids is 1. The molecule has 0 saturated carbocycles. The van der Waals surface area contributed by atoms with Gasteiger partial charge in [-0.25, -0.2) is 9.78 Å². The molecular formula is C13H17N3O3. The van der Waals surface area contributed by atoms with Gasteiger partial charge in [-0.15, -0.1) is 0 Å². The van der Waals surface area contributed by atoms with Crippen LogP contribution in [0.5, 0.6) is 0 Å². The van der Waals surface area contributed by atoms with Gasteiger partial charge < -0.3 is 15.7 Å². The number of carboxylic acid groups (broad SMARTS) is 1. The predicted molar refractivity (Wildman–Crippen MR) is 70.1 cm³/mol. The molecule has 6 nitrogen and oxygen atoms in total. The fourth-order valence-electron chi connectivity index (χ4n) is 2.29. The molecule has 1 fully saturated rings. The van der Waals surface area contributed by atoms with E-state index in [1.54, 1.807) is 6.92 Å². The third-order valence-corrected chi connectivity index (χ3v) is 3.58. The van der Waals surface area contributed by atoms with Crippen molar-refractivity contribution in [3.05, 3.63) is 23.4 Å². The molecule has 1 unspecified atom stereocenters. The quantitative estimate of drug-likeness (QED) is 0.840. The molecule has 0 radical (unpaired) electrons. The van der Waals surface area contributed by atoms with Crippen LogP contribution in [0.2, 0.25) is 0 Å². The minimum Gasteiger partial charge on any atom is -0.478 e. The fraction of sp³-hybridized carbons (Fsp3) is 0.462. The molecule has 2 heterocycles. The molecule has 1 aromatic rings. The third kappa shape index (κ3) is 2.52. The lowest BCUT2D eigenvalue weighted by Crippen LogP contribution is -2.37. The lowest BCUT2D eigenvalue weighted by Gasteiger charge is -2.22. The average Bonchev–Trinajstić information content (AvgIpc) is 2.72. The van der Waals surface area contributed by atoms with Crippen LogP contribution in [0.3, 0.4) is 0 Å². The number of aromatic carboxylic acids is 1. The summed E-state index contributed by atoms with van der Waals surface area (Å²) in [6.45, 7) is 4.69. The summed E-state index contributed by atoms with van der Waals surface area (Å²) in [7, 11) is 0. The van der Waals surface area contributed by atoms with E-state index in [9.17, 15) is 9.59 Å². The van der Waals surface area contributed by atoms with Crippen molar-refractivity contribution in [1.82, 2.24) is 4.98 Å². The van der Waals surface area contributed by atoms with E-state index in [-0.39, 0.29) is 11.5 Å². The van der Waals surface area contributed by atoms with Crippen molar-refractivity contribution in [3.63, 3.8) is 0 Å². The van der Waals surface area contributed by atoms with Gasteiger partial charge in [-0.3, -0.25) is 4.79 Å². The maximum Gasteiger partial charge on any atom is 0.335 e. The topological polar surface area (TPSA) is 96.5 Å². The highest BCUT2D eigenvalue weighted by molar-refractivity contribution is 5.88. The van der Waals surface area contributed by atoms with Crippen LogP contribution in [0.15, 0.2) is 12.1 Å². The zero-order valence-corrected chi connectivity index (χ0v) is 11.0. The molecule has 3 N–H and O–H groups in total. The molecule has 1 atom stereocenters. The molecule has 2 rings (SSSR count). The van der Waals surface area contributed by atoms with Crippen LogP contribution in [0, 0.1) is 12.3 Å². The fourth-order valence-corrected chi connectivity index (χ4v) is 2.29. The minimum atomic E-state index is -0.983. The Labute approximate surface area is 111 Å². The molecule has 1 aromatic heterocycles. The number of aryl methyl sites for hydroxylation is 1. The monoisotopic (exact) mass is 263 g/mol. The molecule has 0 spiro atoms. The van der Waals surface area contributed by atoms with Crippen LogP contribution >= 0.6 is 0 Å². The Hall–Kier alpha value is -2.11. The molecule has 1 saturated heterocycles. The van der Waals surface area contributed by atoms with Crippen molar-refractivity contribution in [1.29, 1.82) is 0 Å². The Morgan fingerprint density at radius 1 is 1.47 bits per heavy atom. The van der Waals surface area contributed by atoms with Crippen molar-refractivity contribution in [2.45, 2.75) is 20.3 Å². The van der Waals surface area contributed by atoms with Gasteiger partial charge in [0, 0.05) is 18.8 Å². The Morgan fingerprint density at radius 2 is 2.16 bits per heavy atom. The van der Waals surface area contributed by atoms with Gasteiger partial charge in [-0.2, -0.15) is 0 Å². The second-order valence-corrected chi connectivity index (χ2v) is 5.26. The second kappa shape index (κ2) is 4.53.